The number of benzene rings is 2. The number of hydrogen-bond acceptors (Lipinski definition) is 2. The lowest BCUT2D eigenvalue weighted by molar-refractivity contribution is -0.132. The molecule has 5 nitrogen and oxygen atoms in total. The average Bonchev–Trinajstić information content (AvgIpc) is 2.69. The van der Waals surface area contributed by atoms with Crippen LogP contribution >= 0.6 is 15.9 Å². The van der Waals surface area contributed by atoms with Crippen LogP contribution in [-0.2, 0) is 11.3 Å². The second kappa shape index (κ2) is 8.73. The van der Waals surface area contributed by atoms with E-state index in [4.69, 9.17) is 0 Å². The smallest absolute Gasteiger partial charge is 0.321 e. The Kier molecular flexibility index (Phi) is 6.34. The maximum atomic E-state index is 14.0. The summed E-state index contributed by atoms with van der Waals surface area (Å²) < 4.78 is 14.6. The molecule has 0 aromatic heterocycles. The number of amides is 3. The standard InChI is InChI=1S/C21H23BrFN3O2/c1-21(19(27)24-13-15-6-3-2-4-7-15)10-5-11-26(14-21)20(28)25-18-9-8-16(22)12-17(18)23/h2-4,6-9,12H,5,10-11,13-14H2,1H3,(H,24,27)(H,25,28)/t21-/m1/s1. The van der Waals surface area contributed by atoms with Gasteiger partial charge in [-0.25, -0.2) is 9.18 Å². The van der Waals surface area contributed by atoms with Gasteiger partial charge in [-0.1, -0.05) is 46.3 Å². The third-order valence-electron chi connectivity index (χ3n) is 5.00. The second-order valence-electron chi connectivity index (χ2n) is 7.31. The van der Waals surface area contributed by atoms with Crippen LogP contribution in [0.2, 0.25) is 0 Å². The largest absolute Gasteiger partial charge is 0.351 e. The van der Waals surface area contributed by atoms with Crippen LogP contribution in [0.4, 0.5) is 14.9 Å². The Bertz CT molecular complexity index is 862. The van der Waals surface area contributed by atoms with Crippen molar-refractivity contribution in [2.45, 2.75) is 26.3 Å². The zero-order valence-electron chi connectivity index (χ0n) is 15.7. The predicted octanol–water partition coefficient (Wildman–Crippen LogP) is 4.54. The maximum absolute atomic E-state index is 14.0. The SMILES string of the molecule is C[C@@]1(C(=O)NCc2ccccc2)CCCN(C(=O)Nc2ccc(Br)cc2F)C1. The summed E-state index contributed by atoms with van der Waals surface area (Å²) in [4.78, 5) is 27.0. The molecule has 2 aromatic rings. The fourth-order valence-corrected chi connectivity index (χ4v) is 3.71. The molecule has 1 heterocycles. The summed E-state index contributed by atoms with van der Waals surface area (Å²) in [6.45, 7) is 3.14. The average molecular weight is 448 g/mol. The number of rotatable bonds is 4. The van der Waals surface area contributed by atoms with E-state index in [2.05, 4.69) is 26.6 Å². The summed E-state index contributed by atoms with van der Waals surface area (Å²) in [5, 5.41) is 5.57. The Hall–Kier alpha value is -2.41. The number of piperidine rings is 1. The van der Waals surface area contributed by atoms with E-state index < -0.39 is 17.3 Å². The summed E-state index contributed by atoms with van der Waals surface area (Å²) in [7, 11) is 0. The molecular formula is C21H23BrFN3O2. The van der Waals surface area contributed by atoms with Gasteiger partial charge < -0.3 is 15.5 Å². The molecular weight excluding hydrogens is 425 g/mol. The summed E-state index contributed by atoms with van der Waals surface area (Å²) in [5.74, 6) is -0.591. The van der Waals surface area contributed by atoms with Crippen LogP contribution in [0.3, 0.4) is 0 Å². The lowest BCUT2D eigenvalue weighted by Crippen LogP contribution is -2.52. The van der Waals surface area contributed by atoms with Crippen molar-refractivity contribution in [1.82, 2.24) is 10.2 Å². The monoisotopic (exact) mass is 447 g/mol. The second-order valence-corrected chi connectivity index (χ2v) is 8.22. The molecule has 0 saturated carbocycles. The van der Waals surface area contributed by atoms with Crippen LogP contribution in [0.15, 0.2) is 53.0 Å². The highest BCUT2D eigenvalue weighted by Gasteiger charge is 2.39. The minimum Gasteiger partial charge on any atom is -0.351 e. The van der Waals surface area contributed by atoms with Crippen molar-refractivity contribution in [3.05, 3.63) is 64.4 Å². The van der Waals surface area contributed by atoms with Crippen LogP contribution in [0, 0.1) is 11.2 Å². The Morgan fingerprint density at radius 3 is 2.68 bits per heavy atom. The van der Waals surface area contributed by atoms with E-state index in [1.807, 2.05) is 37.3 Å². The van der Waals surface area contributed by atoms with Gasteiger partial charge in [0.15, 0.2) is 0 Å². The van der Waals surface area contributed by atoms with Gasteiger partial charge in [0.25, 0.3) is 0 Å². The number of nitrogens with zero attached hydrogens (tertiary/aromatic N) is 1. The van der Waals surface area contributed by atoms with Gasteiger partial charge in [-0.2, -0.15) is 0 Å². The zero-order chi connectivity index (χ0) is 20.1. The van der Waals surface area contributed by atoms with Gasteiger partial charge in [-0.15, -0.1) is 0 Å². The van der Waals surface area contributed by atoms with Crippen molar-refractivity contribution in [3.8, 4) is 0 Å². The highest BCUT2D eigenvalue weighted by atomic mass is 79.9. The lowest BCUT2D eigenvalue weighted by atomic mass is 9.81. The molecule has 3 rings (SSSR count). The Labute approximate surface area is 172 Å². The number of anilines is 1. The molecule has 1 atom stereocenters. The number of carbonyl (C=O) groups is 2. The van der Waals surface area contributed by atoms with Crippen LogP contribution < -0.4 is 10.6 Å². The molecule has 1 aliphatic heterocycles. The fraction of sp³-hybridized carbons (Fsp3) is 0.333. The molecule has 2 aromatic carbocycles. The highest BCUT2D eigenvalue weighted by molar-refractivity contribution is 9.10. The van der Waals surface area contributed by atoms with Gasteiger partial charge in [0.05, 0.1) is 11.1 Å². The van der Waals surface area contributed by atoms with Crippen molar-refractivity contribution in [2.24, 2.45) is 5.41 Å². The highest BCUT2D eigenvalue weighted by Crippen LogP contribution is 2.30. The van der Waals surface area contributed by atoms with Crippen molar-refractivity contribution < 1.29 is 14.0 Å². The quantitative estimate of drug-likeness (QED) is 0.722. The van der Waals surface area contributed by atoms with E-state index in [1.54, 1.807) is 11.0 Å². The third kappa shape index (κ3) is 4.90. The molecule has 1 aliphatic rings. The molecule has 1 saturated heterocycles. The lowest BCUT2D eigenvalue weighted by Gasteiger charge is -2.39. The van der Waals surface area contributed by atoms with Gasteiger partial charge >= 0.3 is 6.03 Å². The van der Waals surface area contributed by atoms with Crippen molar-refractivity contribution >= 4 is 33.6 Å². The van der Waals surface area contributed by atoms with Crippen LogP contribution in [0.25, 0.3) is 0 Å². The minimum absolute atomic E-state index is 0.0799. The Balaban J connectivity index is 1.61. The summed E-state index contributed by atoms with van der Waals surface area (Å²) in [6.07, 6.45) is 1.41. The number of urea groups is 1. The number of nitrogens with one attached hydrogen (secondary N) is 2. The van der Waals surface area contributed by atoms with Gasteiger partial charge in [-0.05, 0) is 43.5 Å². The van der Waals surface area contributed by atoms with E-state index in [0.29, 0.717) is 30.4 Å². The number of likely N-dealkylation sites (tertiary alicyclic amines) is 1. The summed E-state index contributed by atoms with van der Waals surface area (Å²) in [6, 6.07) is 13.8. The molecule has 7 heteroatoms. The normalized spacial score (nSPS) is 19.2. The third-order valence-corrected chi connectivity index (χ3v) is 5.49. The number of carbonyl (C=O) groups excluding carboxylic acids is 2. The molecule has 148 valence electrons. The molecule has 0 unspecified atom stereocenters. The first-order valence-electron chi connectivity index (χ1n) is 9.21. The van der Waals surface area contributed by atoms with E-state index in [9.17, 15) is 14.0 Å². The molecule has 3 amide bonds. The Morgan fingerprint density at radius 1 is 1.21 bits per heavy atom. The van der Waals surface area contributed by atoms with E-state index >= 15 is 0 Å². The van der Waals surface area contributed by atoms with Gasteiger partial charge in [-0.3, -0.25) is 4.79 Å². The molecule has 0 bridgehead atoms. The molecule has 0 spiro atoms. The number of hydrogen-bond donors (Lipinski definition) is 2. The van der Waals surface area contributed by atoms with Gasteiger partial charge in [0, 0.05) is 24.1 Å². The van der Waals surface area contributed by atoms with Crippen molar-refractivity contribution in [3.63, 3.8) is 0 Å². The fourth-order valence-electron chi connectivity index (χ4n) is 3.37. The van der Waals surface area contributed by atoms with E-state index in [-0.39, 0.29) is 18.1 Å². The van der Waals surface area contributed by atoms with Gasteiger partial charge in [0.1, 0.15) is 5.82 Å². The number of halogens is 2. The van der Waals surface area contributed by atoms with Crippen LogP contribution in [0.5, 0.6) is 0 Å². The molecule has 28 heavy (non-hydrogen) atoms. The predicted molar refractivity (Wildman–Crippen MR) is 110 cm³/mol. The van der Waals surface area contributed by atoms with Crippen LogP contribution in [0.1, 0.15) is 25.3 Å². The molecule has 0 aliphatic carbocycles. The first-order chi connectivity index (χ1) is 13.4. The van der Waals surface area contributed by atoms with E-state index in [0.717, 1.165) is 5.56 Å². The first-order valence-corrected chi connectivity index (χ1v) is 10.00. The summed E-state index contributed by atoms with van der Waals surface area (Å²) >= 11 is 3.19. The first kappa shape index (κ1) is 20.3. The summed E-state index contributed by atoms with van der Waals surface area (Å²) in [5.41, 5.74) is 0.465. The minimum atomic E-state index is -0.678. The van der Waals surface area contributed by atoms with Crippen molar-refractivity contribution in [1.29, 1.82) is 0 Å². The molecule has 0 radical (unpaired) electrons. The van der Waals surface area contributed by atoms with Crippen LogP contribution in [-0.4, -0.2) is 29.9 Å². The molecule has 1 fully saturated rings. The van der Waals surface area contributed by atoms with Gasteiger partial charge in [0.2, 0.25) is 5.91 Å². The topological polar surface area (TPSA) is 61.4 Å². The zero-order valence-corrected chi connectivity index (χ0v) is 17.3. The Morgan fingerprint density at radius 2 is 1.96 bits per heavy atom. The molecule has 2 N–H and O–H groups in total. The van der Waals surface area contributed by atoms with E-state index in [1.165, 1.54) is 12.1 Å². The van der Waals surface area contributed by atoms with Crippen molar-refractivity contribution in [2.75, 3.05) is 18.4 Å². The maximum Gasteiger partial charge on any atom is 0.321 e.